The van der Waals surface area contributed by atoms with Crippen LogP contribution in [0, 0.1) is 10.5 Å². The number of rotatable bonds is 2. The van der Waals surface area contributed by atoms with Gasteiger partial charge in [0, 0.05) is 6.20 Å². The zero-order chi connectivity index (χ0) is 12.6. The molecule has 0 radical (unpaired) electrons. The SMILES string of the molecule is CCOC(=O)c1c(C)nc2c(I)cc(Cl)cn12. The minimum atomic E-state index is -0.379. The fourth-order valence-corrected chi connectivity index (χ4v) is 2.74. The van der Waals surface area contributed by atoms with E-state index in [1.165, 1.54) is 0 Å². The molecule has 0 aliphatic rings. The summed E-state index contributed by atoms with van der Waals surface area (Å²) in [7, 11) is 0. The average Bonchev–Trinajstić information content (AvgIpc) is 2.55. The van der Waals surface area contributed by atoms with Gasteiger partial charge in [-0.05, 0) is 42.5 Å². The molecule has 0 aliphatic carbocycles. The number of aryl methyl sites for hydroxylation is 1. The first-order valence-corrected chi connectivity index (χ1v) is 6.51. The van der Waals surface area contributed by atoms with E-state index in [0.29, 0.717) is 23.0 Å². The van der Waals surface area contributed by atoms with Crippen molar-refractivity contribution in [2.24, 2.45) is 0 Å². The van der Waals surface area contributed by atoms with Crippen LogP contribution in [0.1, 0.15) is 23.1 Å². The van der Waals surface area contributed by atoms with Gasteiger partial charge in [0.05, 0.1) is 20.9 Å². The maximum Gasteiger partial charge on any atom is 0.357 e. The van der Waals surface area contributed by atoms with Gasteiger partial charge in [0.15, 0.2) is 11.3 Å². The van der Waals surface area contributed by atoms with Crippen LogP contribution in [0.15, 0.2) is 12.3 Å². The van der Waals surface area contributed by atoms with Gasteiger partial charge in [-0.3, -0.25) is 4.40 Å². The van der Waals surface area contributed by atoms with E-state index in [-0.39, 0.29) is 5.97 Å². The van der Waals surface area contributed by atoms with Crippen molar-refractivity contribution in [2.45, 2.75) is 13.8 Å². The Hall–Kier alpha value is -0.820. The van der Waals surface area contributed by atoms with E-state index in [0.717, 1.165) is 9.22 Å². The molecule has 0 aromatic carbocycles. The van der Waals surface area contributed by atoms with Gasteiger partial charge in [0.1, 0.15) is 0 Å². The van der Waals surface area contributed by atoms with Gasteiger partial charge in [0.2, 0.25) is 0 Å². The second kappa shape index (κ2) is 4.81. The Bertz CT molecular complexity index is 595. The Morgan fingerprint density at radius 3 is 3.00 bits per heavy atom. The van der Waals surface area contributed by atoms with Crippen molar-refractivity contribution in [2.75, 3.05) is 6.61 Å². The molecule has 2 aromatic heterocycles. The second-order valence-corrected chi connectivity index (χ2v) is 5.06. The smallest absolute Gasteiger partial charge is 0.357 e. The lowest BCUT2D eigenvalue weighted by atomic mass is 10.3. The molecule has 17 heavy (non-hydrogen) atoms. The molecular weight excluding hydrogens is 354 g/mol. The van der Waals surface area contributed by atoms with E-state index in [1.54, 1.807) is 30.5 Å². The summed E-state index contributed by atoms with van der Waals surface area (Å²) in [5, 5.41) is 0.560. The summed E-state index contributed by atoms with van der Waals surface area (Å²) in [4.78, 5) is 16.2. The first kappa shape index (κ1) is 12.6. The van der Waals surface area contributed by atoms with Gasteiger partial charge < -0.3 is 4.74 Å². The van der Waals surface area contributed by atoms with Crippen LogP contribution in [-0.4, -0.2) is 22.0 Å². The highest BCUT2D eigenvalue weighted by Gasteiger charge is 2.19. The molecule has 2 rings (SSSR count). The van der Waals surface area contributed by atoms with Crippen LogP contribution in [0.5, 0.6) is 0 Å². The Morgan fingerprint density at radius 2 is 2.35 bits per heavy atom. The molecule has 4 nitrogen and oxygen atoms in total. The molecular formula is C11H10ClIN2O2. The number of imidazole rings is 1. The van der Waals surface area contributed by atoms with Crippen LogP contribution in [0.2, 0.25) is 5.02 Å². The van der Waals surface area contributed by atoms with E-state index in [9.17, 15) is 4.79 Å². The normalized spacial score (nSPS) is 10.8. The van der Waals surface area contributed by atoms with Gasteiger partial charge in [-0.1, -0.05) is 11.6 Å². The number of halogens is 2. The third-order valence-electron chi connectivity index (χ3n) is 2.28. The predicted octanol–water partition coefficient (Wildman–Crippen LogP) is 3.08. The minimum Gasteiger partial charge on any atom is -0.461 e. The molecule has 0 amide bonds. The molecule has 0 bridgehead atoms. The average molecular weight is 365 g/mol. The summed E-state index contributed by atoms with van der Waals surface area (Å²) in [6.45, 7) is 3.89. The zero-order valence-electron chi connectivity index (χ0n) is 9.33. The van der Waals surface area contributed by atoms with Crippen molar-refractivity contribution in [3.8, 4) is 0 Å². The lowest BCUT2D eigenvalue weighted by Crippen LogP contribution is -2.09. The van der Waals surface area contributed by atoms with Crippen molar-refractivity contribution in [1.29, 1.82) is 0 Å². The van der Waals surface area contributed by atoms with E-state index in [2.05, 4.69) is 27.6 Å². The maximum absolute atomic E-state index is 11.8. The topological polar surface area (TPSA) is 43.6 Å². The van der Waals surface area contributed by atoms with Crippen LogP contribution in [0.3, 0.4) is 0 Å². The molecule has 0 atom stereocenters. The van der Waals surface area contributed by atoms with Crippen molar-refractivity contribution < 1.29 is 9.53 Å². The van der Waals surface area contributed by atoms with Crippen LogP contribution in [0.25, 0.3) is 5.65 Å². The predicted molar refractivity (Wildman–Crippen MR) is 73.6 cm³/mol. The number of ether oxygens (including phenoxy) is 1. The van der Waals surface area contributed by atoms with Crippen LogP contribution in [-0.2, 0) is 4.74 Å². The Balaban J connectivity index is 2.70. The molecule has 0 N–H and O–H groups in total. The molecule has 0 aliphatic heterocycles. The monoisotopic (exact) mass is 364 g/mol. The number of fused-ring (bicyclic) bond motifs is 1. The quantitative estimate of drug-likeness (QED) is 0.608. The van der Waals surface area contributed by atoms with Gasteiger partial charge in [-0.2, -0.15) is 0 Å². The number of carbonyl (C=O) groups excluding carboxylic acids is 1. The van der Waals surface area contributed by atoms with Crippen molar-refractivity contribution >= 4 is 45.8 Å². The molecule has 2 aromatic rings. The minimum absolute atomic E-state index is 0.336. The zero-order valence-corrected chi connectivity index (χ0v) is 12.2. The maximum atomic E-state index is 11.8. The summed E-state index contributed by atoms with van der Waals surface area (Å²) in [6, 6.07) is 1.80. The summed E-state index contributed by atoms with van der Waals surface area (Å²) in [5.41, 5.74) is 1.79. The molecule has 2 heterocycles. The number of hydrogen-bond acceptors (Lipinski definition) is 3. The standard InChI is InChI=1S/C11H10ClIN2O2/c1-3-17-11(16)9-6(2)14-10-8(13)4-7(12)5-15(9)10/h4-5H,3H2,1-2H3. The molecule has 0 saturated carbocycles. The van der Waals surface area contributed by atoms with Gasteiger partial charge in [0.25, 0.3) is 0 Å². The van der Waals surface area contributed by atoms with E-state index in [1.807, 2.05) is 0 Å². The fourth-order valence-electron chi connectivity index (χ4n) is 1.63. The van der Waals surface area contributed by atoms with Crippen LogP contribution >= 0.6 is 34.2 Å². The molecule has 0 fully saturated rings. The molecule has 90 valence electrons. The van der Waals surface area contributed by atoms with E-state index >= 15 is 0 Å². The first-order chi connectivity index (χ1) is 8.04. The van der Waals surface area contributed by atoms with Crippen molar-refractivity contribution in [3.05, 3.63) is 32.2 Å². The molecule has 6 heteroatoms. The summed E-state index contributed by atoms with van der Waals surface area (Å²) >= 11 is 8.12. The molecule has 0 spiro atoms. The Labute approximate surface area is 117 Å². The first-order valence-electron chi connectivity index (χ1n) is 5.05. The fraction of sp³-hybridized carbons (Fsp3) is 0.273. The summed E-state index contributed by atoms with van der Waals surface area (Å²) < 4.78 is 7.58. The second-order valence-electron chi connectivity index (χ2n) is 3.47. The van der Waals surface area contributed by atoms with E-state index < -0.39 is 0 Å². The third-order valence-corrected chi connectivity index (χ3v) is 3.29. The van der Waals surface area contributed by atoms with Crippen molar-refractivity contribution in [3.63, 3.8) is 0 Å². The lowest BCUT2D eigenvalue weighted by molar-refractivity contribution is 0.0517. The number of hydrogen-bond donors (Lipinski definition) is 0. The van der Waals surface area contributed by atoms with Gasteiger partial charge >= 0.3 is 5.97 Å². The molecule has 0 saturated heterocycles. The lowest BCUT2D eigenvalue weighted by Gasteiger charge is -2.03. The Kier molecular flexibility index (Phi) is 3.58. The highest BCUT2D eigenvalue weighted by Crippen LogP contribution is 2.22. The third kappa shape index (κ3) is 2.26. The van der Waals surface area contributed by atoms with Gasteiger partial charge in [-0.25, -0.2) is 9.78 Å². The van der Waals surface area contributed by atoms with Gasteiger partial charge in [-0.15, -0.1) is 0 Å². The highest BCUT2D eigenvalue weighted by atomic mass is 127. The van der Waals surface area contributed by atoms with Crippen molar-refractivity contribution in [1.82, 2.24) is 9.38 Å². The largest absolute Gasteiger partial charge is 0.461 e. The number of pyridine rings is 1. The number of carbonyl (C=O) groups is 1. The van der Waals surface area contributed by atoms with E-state index in [4.69, 9.17) is 16.3 Å². The highest BCUT2D eigenvalue weighted by molar-refractivity contribution is 14.1. The number of esters is 1. The number of aromatic nitrogens is 2. The van der Waals surface area contributed by atoms with Crippen LogP contribution < -0.4 is 0 Å². The van der Waals surface area contributed by atoms with Crippen LogP contribution in [0.4, 0.5) is 0 Å². The Morgan fingerprint density at radius 1 is 1.65 bits per heavy atom. The summed E-state index contributed by atoms with van der Waals surface area (Å²) in [5.74, 6) is -0.379. The number of nitrogens with zero attached hydrogens (tertiary/aromatic N) is 2. The summed E-state index contributed by atoms with van der Waals surface area (Å²) in [6.07, 6.45) is 1.67. The molecule has 0 unspecified atom stereocenters.